The van der Waals surface area contributed by atoms with Crippen LogP contribution in [-0.4, -0.2) is 11.7 Å². The molecule has 1 saturated heterocycles. The van der Waals surface area contributed by atoms with Crippen molar-refractivity contribution in [1.82, 2.24) is 0 Å². The fourth-order valence-electron chi connectivity index (χ4n) is 4.70. The van der Waals surface area contributed by atoms with Gasteiger partial charge in [-0.15, -0.1) is 0 Å². The highest BCUT2D eigenvalue weighted by Crippen LogP contribution is 2.63. The zero-order valence-corrected chi connectivity index (χ0v) is 8.33. The van der Waals surface area contributed by atoms with E-state index in [9.17, 15) is 0 Å². The van der Waals surface area contributed by atoms with Gasteiger partial charge in [-0.2, -0.15) is 0 Å². The summed E-state index contributed by atoms with van der Waals surface area (Å²) < 4.78 is 5.83. The zero-order chi connectivity index (χ0) is 8.63. The summed E-state index contributed by atoms with van der Waals surface area (Å²) >= 11 is 0. The van der Waals surface area contributed by atoms with E-state index >= 15 is 0 Å². The highest BCUT2D eigenvalue weighted by Gasteiger charge is 2.63. The van der Waals surface area contributed by atoms with Crippen molar-refractivity contribution in [2.24, 2.45) is 23.7 Å². The second kappa shape index (κ2) is 1.98. The maximum atomic E-state index is 5.83. The van der Waals surface area contributed by atoms with E-state index in [1.807, 2.05) is 0 Å². The molecule has 0 spiro atoms. The summed E-state index contributed by atoms with van der Waals surface area (Å²) in [5.74, 6) is 4.32. The fourth-order valence-corrected chi connectivity index (χ4v) is 4.70. The molecule has 1 heteroatoms. The van der Waals surface area contributed by atoms with Gasteiger partial charge in [-0.25, -0.2) is 0 Å². The van der Waals surface area contributed by atoms with Crippen LogP contribution in [0.4, 0.5) is 0 Å². The molecule has 13 heavy (non-hydrogen) atoms. The number of epoxide rings is 1. The summed E-state index contributed by atoms with van der Waals surface area (Å²) in [7, 11) is 0. The number of hydrogen-bond donors (Lipinski definition) is 0. The van der Waals surface area contributed by atoms with E-state index in [1.54, 1.807) is 6.42 Å². The Labute approximate surface area is 79.8 Å². The van der Waals surface area contributed by atoms with Gasteiger partial charge in [0, 0.05) is 0 Å². The molecule has 1 heterocycles. The third-order valence-electron chi connectivity index (χ3n) is 5.44. The molecule has 72 valence electrons. The van der Waals surface area contributed by atoms with Gasteiger partial charge in [0.15, 0.2) is 0 Å². The van der Waals surface area contributed by atoms with Crippen LogP contribution in [0, 0.1) is 23.7 Å². The average molecular weight is 178 g/mol. The molecule has 3 unspecified atom stereocenters. The van der Waals surface area contributed by atoms with Crippen LogP contribution in [0.25, 0.3) is 0 Å². The summed E-state index contributed by atoms with van der Waals surface area (Å²) in [6.45, 7) is 2.33. The van der Waals surface area contributed by atoms with Crippen LogP contribution in [0.5, 0.6) is 0 Å². The lowest BCUT2D eigenvalue weighted by Crippen LogP contribution is -2.33. The molecule has 4 aliphatic rings. The van der Waals surface area contributed by atoms with Crippen molar-refractivity contribution in [2.75, 3.05) is 0 Å². The van der Waals surface area contributed by atoms with E-state index in [1.165, 1.54) is 25.7 Å². The molecule has 2 bridgehead atoms. The molecule has 3 aliphatic carbocycles. The molecular formula is C12H18O. The third kappa shape index (κ3) is 0.782. The first kappa shape index (κ1) is 7.28. The minimum Gasteiger partial charge on any atom is -0.366 e. The van der Waals surface area contributed by atoms with Gasteiger partial charge in [0.05, 0.1) is 11.7 Å². The molecule has 3 saturated carbocycles. The Hall–Kier alpha value is -0.0400. The van der Waals surface area contributed by atoms with Crippen LogP contribution in [0.1, 0.15) is 39.0 Å². The average Bonchev–Trinajstić information content (AvgIpc) is 2.50. The van der Waals surface area contributed by atoms with Crippen molar-refractivity contribution in [3.63, 3.8) is 0 Å². The number of hydrogen-bond acceptors (Lipinski definition) is 1. The van der Waals surface area contributed by atoms with Crippen molar-refractivity contribution < 1.29 is 4.74 Å². The topological polar surface area (TPSA) is 12.5 Å². The van der Waals surface area contributed by atoms with E-state index in [-0.39, 0.29) is 0 Å². The minimum absolute atomic E-state index is 0.339. The number of rotatable bonds is 0. The molecular weight excluding hydrogens is 160 g/mol. The van der Waals surface area contributed by atoms with Gasteiger partial charge in [0.1, 0.15) is 0 Å². The molecule has 1 nitrogen and oxygen atoms in total. The fraction of sp³-hybridized carbons (Fsp3) is 1.00. The Balaban J connectivity index is 1.67. The Kier molecular flexibility index (Phi) is 1.11. The van der Waals surface area contributed by atoms with Crippen molar-refractivity contribution in [2.45, 2.75) is 50.7 Å². The first-order valence-corrected chi connectivity index (χ1v) is 5.94. The van der Waals surface area contributed by atoms with E-state index in [0.717, 1.165) is 23.7 Å². The normalized spacial score (nSPS) is 67.6. The van der Waals surface area contributed by atoms with Crippen LogP contribution in [0.3, 0.4) is 0 Å². The molecule has 0 aromatic rings. The van der Waals surface area contributed by atoms with Crippen LogP contribution < -0.4 is 0 Å². The van der Waals surface area contributed by atoms with Gasteiger partial charge >= 0.3 is 0 Å². The van der Waals surface area contributed by atoms with E-state index in [0.29, 0.717) is 11.7 Å². The largest absolute Gasteiger partial charge is 0.366 e. The van der Waals surface area contributed by atoms with Gasteiger partial charge in [-0.3, -0.25) is 0 Å². The summed E-state index contributed by atoms with van der Waals surface area (Å²) in [5, 5.41) is 0. The highest BCUT2D eigenvalue weighted by molar-refractivity contribution is 5.12. The number of fused-ring (bicyclic) bond motifs is 6. The molecule has 0 N–H and O–H groups in total. The first-order chi connectivity index (χ1) is 6.26. The number of ether oxygens (including phenoxy) is 1. The molecule has 1 aliphatic heterocycles. The lowest BCUT2D eigenvalue weighted by molar-refractivity contribution is 0.153. The monoisotopic (exact) mass is 178 g/mol. The Morgan fingerprint density at radius 3 is 2.69 bits per heavy atom. The van der Waals surface area contributed by atoms with Gasteiger partial charge in [-0.05, 0) is 62.7 Å². The van der Waals surface area contributed by atoms with E-state index in [4.69, 9.17) is 4.74 Å². The lowest BCUT2D eigenvalue weighted by Gasteiger charge is -2.35. The van der Waals surface area contributed by atoms with Gasteiger partial charge < -0.3 is 4.74 Å². The maximum Gasteiger partial charge on any atom is 0.0923 e. The molecule has 0 radical (unpaired) electrons. The summed E-state index contributed by atoms with van der Waals surface area (Å²) in [6, 6.07) is 0. The van der Waals surface area contributed by atoms with Crippen LogP contribution in [0.2, 0.25) is 0 Å². The quantitative estimate of drug-likeness (QED) is 0.519. The summed E-state index contributed by atoms with van der Waals surface area (Å²) in [4.78, 5) is 0. The minimum atomic E-state index is 0.339. The van der Waals surface area contributed by atoms with Crippen molar-refractivity contribution in [3.05, 3.63) is 0 Å². The smallest absolute Gasteiger partial charge is 0.0923 e. The Morgan fingerprint density at radius 1 is 1.08 bits per heavy atom. The molecule has 6 atom stereocenters. The second-order valence-electron chi connectivity index (χ2n) is 6.02. The van der Waals surface area contributed by atoms with Gasteiger partial charge in [0.2, 0.25) is 0 Å². The molecule has 0 aromatic carbocycles. The Morgan fingerprint density at radius 2 is 1.85 bits per heavy atom. The highest BCUT2D eigenvalue weighted by atomic mass is 16.6. The standard InChI is InChI=1S/C12H18O/c1-12-6-10-8-3-2-7(4-8)9(10)5-11(12)13-12/h7-11H,2-6H2,1H3/t7-,8?,9+,10-,11?,12?/m0/s1. The SMILES string of the molecule is CC12C[C@H]3C4CC[C@@H](C4)[C@H]3CC1O2. The zero-order valence-electron chi connectivity index (χ0n) is 8.33. The molecule has 0 amide bonds. The van der Waals surface area contributed by atoms with Gasteiger partial charge in [0.25, 0.3) is 0 Å². The summed E-state index contributed by atoms with van der Waals surface area (Å²) in [5.41, 5.74) is 0.339. The van der Waals surface area contributed by atoms with E-state index in [2.05, 4.69) is 6.92 Å². The third-order valence-corrected chi connectivity index (χ3v) is 5.44. The predicted octanol–water partition coefficient (Wildman–Crippen LogP) is 2.60. The predicted molar refractivity (Wildman–Crippen MR) is 50.3 cm³/mol. The molecule has 0 aromatic heterocycles. The van der Waals surface area contributed by atoms with Crippen molar-refractivity contribution >= 4 is 0 Å². The Bertz CT molecular complexity index is 262. The van der Waals surface area contributed by atoms with Crippen LogP contribution >= 0.6 is 0 Å². The van der Waals surface area contributed by atoms with Crippen LogP contribution in [-0.2, 0) is 4.74 Å². The van der Waals surface area contributed by atoms with Crippen LogP contribution in [0.15, 0.2) is 0 Å². The molecule has 4 fully saturated rings. The second-order valence-corrected chi connectivity index (χ2v) is 6.02. The maximum absolute atomic E-state index is 5.83. The first-order valence-electron chi connectivity index (χ1n) is 5.94. The molecule has 4 rings (SSSR count). The summed E-state index contributed by atoms with van der Waals surface area (Å²) in [6.07, 6.45) is 8.10. The van der Waals surface area contributed by atoms with E-state index < -0.39 is 0 Å². The van der Waals surface area contributed by atoms with Gasteiger partial charge in [-0.1, -0.05) is 0 Å². The van der Waals surface area contributed by atoms with Crippen molar-refractivity contribution in [3.8, 4) is 0 Å². The van der Waals surface area contributed by atoms with Crippen molar-refractivity contribution in [1.29, 1.82) is 0 Å². The lowest BCUT2D eigenvalue weighted by atomic mass is 9.68.